The van der Waals surface area contributed by atoms with Crippen LogP contribution in [0.3, 0.4) is 0 Å². The van der Waals surface area contributed by atoms with Gasteiger partial charge in [-0.25, -0.2) is 0 Å². The molecule has 0 saturated carbocycles. The molecular formula is C41H67N9O12. The van der Waals surface area contributed by atoms with Crippen LogP contribution in [-0.4, -0.2) is 217 Å². The van der Waals surface area contributed by atoms with Crippen LogP contribution in [0.5, 0.6) is 0 Å². The minimum atomic E-state index is -1.15. The number of carboxylic acids is 4. The minimum absolute atomic E-state index is 0.0304. The summed E-state index contributed by atoms with van der Waals surface area (Å²) < 4.78 is 5.83. The number of rotatable bonds is 22. The maximum Gasteiger partial charge on any atom is 0.317 e. The van der Waals surface area contributed by atoms with Gasteiger partial charge >= 0.3 is 23.9 Å². The number of piperidine rings is 2. The molecule has 0 aromatic carbocycles. The Morgan fingerprint density at radius 3 is 1.81 bits per heavy atom. The first-order valence-electron chi connectivity index (χ1n) is 21.4. The van der Waals surface area contributed by atoms with Crippen LogP contribution in [-0.2, 0) is 38.3 Å². The number of allylic oxidation sites excluding steroid dienone is 1. The number of carboxylic acid groups (broad SMARTS) is 4. The number of aliphatic imine (C=N–C) groups is 1. The van der Waals surface area contributed by atoms with Crippen molar-refractivity contribution in [2.24, 2.45) is 16.8 Å². The predicted molar refractivity (Wildman–Crippen MR) is 227 cm³/mol. The van der Waals surface area contributed by atoms with Gasteiger partial charge in [0.1, 0.15) is 6.61 Å². The van der Waals surface area contributed by atoms with Gasteiger partial charge in [0.2, 0.25) is 17.7 Å². The Labute approximate surface area is 363 Å². The molecule has 2 atom stereocenters. The van der Waals surface area contributed by atoms with Gasteiger partial charge in [0.05, 0.1) is 56.9 Å². The quantitative estimate of drug-likeness (QED) is 0.0299. The number of aliphatic carboxylic acids is 4. The molecule has 3 amide bonds. The topological polar surface area (TPSA) is 274 Å². The standard InChI is InChI=1S/C41H67N9O12/c1-30(22-33(24-42-2)34(23-37(53)54)45-41(61)32-4-3-12-50(25-32)36(52)6-5-31-7-9-43-10-8-31)62-21-11-44-35(51)26-46-13-15-47(27-38(55)56)17-19-49(29-40(59)60)20-18-48(16-14-46)28-39(57)58/h22,24,31-32,34,43H,2-21,23,25-29H2,1H3,(H,44,51)(H,45,61)(H,53,54)(H,55,56)(H,57,58)(H,59,60)/b30-22+,33-24+/t32-,34+/m1/s1. The maximum absolute atomic E-state index is 13.5. The van der Waals surface area contributed by atoms with Gasteiger partial charge in [-0.3, -0.25) is 58.2 Å². The number of nitrogens with zero attached hydrogens (tertiary/aromatic N) is 6. The molecule has 3 rings (SSSR count). The lowest BCUT2D eigenvalue weighted by atomic mass is 9.92. The molecule has 0 bridgehead atoms. The largest absolute Gasteiger partial charge is 0.496 e. The van der Waals surface area contributed by atoms with Gasteiger partial charge in [-0.15, -0.1) is 0 Å². The van der Waals surface area contributed by atoms with Crippen molar-refractivity contribution in [1.82, 2.24) is 40.4 Å². The van der Waals surface area contributed by atoms with Crippen molar-refractivity contribution in [2.75, 3.05) is 118 Å². The van der Waals surface area contributed by atoms with Gasteiger partial charge in [0, 0.05) is 78.1 Å². The molecule has 0 aromatic rings. The average molecular weight is 878 g/mol. The van der Waals surface area contributed by atoms with Gasteiger partial charge in [0.15, 0.2) is 0 Å². The molecule has 3 aliphatic heterocycles. The summed E-state index contributed by atoms with van der Waals surface area (Å²) in [6.07, 6.45) is 7.03. The highest BCUT2D eigenvalue weighted by molar-refractivity contribution is 5.83. The van der Waals surface area contributed by atoms with E-state index in [4.69, 9.17) is 4.74 Å². The van der Waals surface area contributed by atoms with Crippen molar-refractivity contribution in [3.8, 4) is 0 Å². The molecule has 348 valence electrons. The Kier molecular flexibility index (Phi) is 23.1. The Morgan fingerprint density at radius 2 is 1.31 bits per heavy atom. The van der Waals surface area contributed by atoms with Crippen molar-refractivity contribution in [3.05, 3.63) is 23.6 Å². The van der Waals surface area contributed by atoms with Crippen molar-refractivity contribution in [3.63, 3.8) is 0 Å². The summed E-state index contributed by atoms with van der Waals surface area (Å²) in [6, 6.07) is -0.976. The fraction of sp³-hybridized carbons (Fsp3) is 0.707. The summed E-state index contributed by atoms with van der Waals surface area (Å²) in [4.78, 5) is 98.6. The maximum atomic E-state index is 13.5. The van der Waals surface area contributed by atoms with Gasteiger partial charge in [-0.2, -0.15) is 0 Å². The smallest absolute Gasteiger partial charge is 0.317 e. The van der Waals surface area contributed by atoms with Crippen molar-refractivity contribution >= 4 is 48.3 Å². The van der Waals surface area contributed by atoms with E-state index in [9.17, 15) is 54.0 Å². The summed E-state index contributed by atoms with van der Waals surface area (Å²) in [5.74, 6) is -4.62. The van der Waals surface area contributed by atoms with Crippen LogP contribution in [0.1, 0.15) is 51.9 Å². The van der Waals surface area contributed by atoms with E-state index in [-0.39, 0.29) is 116 Å². The third-order valence-electron chi connectivity index (χ3n) is 11.2. The van der Waals surface area contributed by atoms with E-state index in [0.717, 1.165) is 32.4 Å². The lowest BCUT2D eigenvalue weighted by Crippen LogP contribution is -2.50. The Hall–Kier alpha value is -4.96. The van der Waals surface area contributed by atoms with E-state index in [1.807, 2.05) is 0 Å². The highest BCUT2D eigenvalue weighted by atomic mass is 16.5. The summed E-state index contributed by atoms with van der Waals surface area (Å²) in [5.41, 5.74) is 0.335. The number of carbonyl (C=O) groups is 7. The van der Waals surface area contributed by atoms with E-state index in [0.29, 0.717) is 43.1 Å². The van der Waals surface area contributed by atoms with Crippen molar-refractivity contribution < 1.29 is 58.7 Å². The molecule has 0 aromatic heterocycles. The van der Waals surface area contributed by atoms with Crippen LogP contribution in [0, 0.1) is 11.8 Å². The summed E-state index contributed by atoms with van der Waals surface area (Å²) >= 11 is 0. The molecule has 21 nitrogen and oxygen atoms in total. The molecule has 21 heteroatoms. The molecule has 0 spiro atoms. The number of hydrogen-bond donors (Lipinski definition) is 7. The third-order valence-corrected chi connectivity index (χ3v) is 11.2. The van der Waals surface area contributed by atoms with Gasteiger partial charge in [-0.1, -0.05) is 0 Å². The zero-order chi connectivity index (χ0) is 45.4. The molecule has 62 heavy (non-hydrogen) atoms. The summed E-state index contributed by atoms with van der Waals surface area (Å²) in [7, 11) is 0. The lowest BCUT2D eigenvalue weighted by molar-refractivity contribution is -0.140. The molecule has 3 saturated heterocycles. The molecule has 0 radical (unpaired) electrons. The van der Waals surface area contributed by atoms with E-state index in [1.165, 1.54) is 6.20 Å². The van der Waals surface area contributed by atoms with Crippen LogP contribution in [0.2, 0.25) is 0 Å². The number of nitrogens with one attached hydrogen (secondary N) is 3. The molecule has 3 aliphatic rings. The van der Waals surface area contributed by atoms with Crippen molar-refractivity contribution in [1.29, 1.82) is 0 Å². The summed E-state index contributed by atoms with van der Waals surface area (Å²) in [6.45, 7) is 9.26. The number of amides is 3. The highest BCUT2D eigenvalue weighted by Gasteiger charge is 2.31. The number of hydrogen-bond acceptors (Lipinski definition) is 14. The first-order valence-corrected chi connectivity index (χ1v) is 21.4. The molecular weight excluding hydrogens is 811 g/mol. The van der Waals surface area contributed by atoms with Gasteiger partial charge in [0.25, 0.3) is 0 Å². The monoisotopic (exact) mass is 877 g/mol. The number of carbonyl (C=O) groups excluding carboxylic acids is 3. The molecule has 7 N–H and O–H groups in total. The van der Waals surface area contributed by atoms with Crippen LogP contribution < -0.4 is 16.0 Å². The lowest BCUT2D eigenvalue weighted by Gasteiger charge is -2.33. The van der Waals surface area contributed by atoms with E-state index in [2.05, 4.69) is 27.7 Å². The average Bonchev–Trinajstić information content (AvgIpc) is 3.21. The fourth-order valence-electron chi connectivity index (χ4n) is 7.85. The first kappa shape index (κ1) is 51.4. The molecule has 3 fully saturated rings. The third kappa shape index (κ3) is 20.7. The SMILES string of the molecule is C=N/C=C(\C=C(/C)OCCNC(=O)CN1CCN(CC(=O)O)CCN(CC(=O)O)CCN(CC(=O)O)CC1)[C@H](CC(=O)O)NC(=O)[C@@H]1CCCN(C(=O)CCC2CCNCC2)C1. The Morgan fingerprint density at radius 1 is 0.774 bits per heavy atom. The fourth-order valence-corrected chi connectivity index (χ4v) is 7.85. The van der Waals surface area contributed by atoms with E-state index >= 15 is 0 Å². The van der Waals surface area contributed by atoms with E-state index < -0.39 is 42.3 Å². The van der Waals surface area contributed by atoms with Crippen LogP contribution in [0.25, 0.3) is 0 Å². The van der Waals surface area contributed by atoms with Gasteiger partial charge < -0.3 is 46.0 Å². The van der Waals surface area contributed by atoms with Crippen LogP contribution in [0.4, 0.5) is 0 Å². The summed E-state index contributed by atoms with van der Waals surface area (Å²) in [5, 5.41) is 47.0. The molecule has 0 aliphatic carbocycles. The zero-order valence-electron chi connectivity index (χ0n) is 36.0. The van der Waals surface area contributed by atoms with E-state index in [1.54, 1.807) is 37.5 Å². The Bertz CT molecular complexity index is 1560. The normalized spacial score (nSPS) is 20.5. The number of ether oxygens (including phenoxy) is 1. The second kappa shape index (κ2) is 27.9. The first-order chi connectivity index (χ1) is 29.6. The highest BCUT2D eigenvalue weighted by Crippen LogP contribution is 2.23. The van der Waals surface area contributed by atoms with Crippen molar-refractivity contribution in [2.45, 2.75) is 57.9 Å². The predicted octanol–water partition coefficient (Wildman–Crippen LogP) is -0.939. The second-order valence-corrected chi connectivity index (χ2v) is 16.1. The van der Waals surface area contributed by atoms with Gasteiger partial charge in [-0.05, 0) is 76.4 Å². The Balaban J connectivity index is 1.56. The minimum Gasteiger partial charge on any atom is -0.496 e. The molecule has 0 unspecified atom stereocenters. The van der Waals surface area contributed by atoms with Crippen LogP contribution in [0.15, 0.2) is 28.6 Å². The zero-order valence-corrected chi connectivity index (χ0v) is 36.0. The molecule has 3 heterocycles. The second-order valence-electron chi connectivity index (χ2n) is 16.1. The number of likely N-dealkylation sites (tertiary alicyclic amines) is 1. The van der Waals surface area contributed by atoms with Crippen LogP contribution >= 0.6 is 0 Å².